The van der Waals surface area contributed by atoms with E-state index < -0.39 is 0 Å². The zero-order valence-electron chi connectivity index (χ0n) is 13.5. The monoisotopic (exact) mass is 329 g/mol. The van der Waals surface area contributed by atoms with Crippen LogP contribution in [0.3, 0.4) is 0 Å². The molecule has 2 amide bonds. The molecule has 2 heterocycles. The summed E-state index contributed by atoms with van der Waals surface area (Å²) >= 11 is 1.70. The summed E-state index contributed by atoms with van der Waals surface area (Å²) < 4.78 is 0. The number of nitrogens with one attached hydrogen (secondary N) is 1. The quantitative estimate of drug-likeness (QED) is 0.936. The molecule has 1 aliphatic rings. The fourth-order valence-electron chi connectivity index (χ4n) is 2.80. The van der Waals surface area contributed by atoms with E-state index in [0.717, 1.165) is 32.7 Å². The third-order valence-electron chi connectivity index (χ3n) is 4.28. The van der Waals surface area contributed by atoms with Crippen molar-refractivity contribution in [3.63, 3.8) is 0 Å². The van der Waals surface area contributed by atoms with Gasteiger partial charge in [-0.1, -0.05) is 30.3 Å². The molecule has 0 spiro atoms. The van der Waals surface area contributed by atoms with Crippen molar-refractivity contribution < 1.29 is 4.79 Å². The van der Waals surface area contributed by atoms with Gasteiger partial charge in [0, 0.05) is 37.6 Å². The molecule has 3 rings (SSSR count). The molecule has 0 radical (unpaired) electrons. The van der Waals surface area contributed by atoms with Gasteiger partial charge in [0.05, 0.1) is 6.54 Å². The number of rotatable bonds is 4. The van der Waals surface area contributed by atoms with Crippen LogP contribution in [0, 0.1) is 6.92 Å². The first-order chi connectivity index (χ1) is 11.2. The lowest BCUT2D eigenvalue weighted by molar-refractivity contribution is 0.135. The Morgan fingerprint density at radius 2 is 1.87 bits per heavy atom. The maximum absolute atomic E-state index is 12.3. The second-order valence-corrected chi connectivity index (χ2v) is 6.93. The minimum atomic E-state index is 0.0529. The van der Waals surface area contributed by atoms with Gasteiger partial charge < -0.3 is 10.2 Å². The van der Waals surface area contributed by atoms with Crippen molar-refractivity contribution in [2.75, 3.05) is 26.2 Å². The van der Waals surface area contributed by atoms with Crippen molar-refractivity contribution in [1.29, 1.82) is 0 Å². The van der Waals surface area contributed by atoms with E-state index in [1.807, 2.05) is 11.0 Å². The summed E-state index contributed by atoms with van der Waals surface area (Å²) in [5.41, 5.74) is 2.58. The molecule has 2 aromatic rings. The van der Waals surface area contributed by atoms with Gasteiger partial charge in [-0.2, -0.15) is 0 Å². The number of carbonyl (C=O) groups is 1. The van der Waals surface area contributed by atoms with E-state index in [1.54, 1.807) is 11.3 Å². The number of carbonyl (C=O) groups excluding carboxylic acids is 1. The van der Waals surface area contributed by atoms with Crippen LogP contribution in [0.4, 0.5) is 4.79 Å². The van der Waals surface area contributed by atoms with Gasteiger partial charge in [0.1, 0.15) is 0 Å². The van der Waals surface area contributed by atoms with Crippen molar-refractivity contribution in [3.05, 3.63) is 57.8 Å². The first kappa shape index (κ1) is 16.0. The van der Waals surface area contributed by atoms with E-state index in [-0.39, 0.29) is 6.03 Å². The molecule has 1 fully saturated rings. The Morgan fingerprint density at radius 1 is 1.13 bits per heavy atom. The van der Waals surface area contributed by atoms with Crippen LogP contribution in [0.2, 0.25) is 0 Å². The Morgan fingerprint density at radius 3 is 2.52 bits per heavy atom. The second-order valence-electron chi connectivity index (χ2n) is 5.93. The molecule has 5 heteroatoms. The highest BCUT2D eigenvalue weighted by Crippen LogP contribution is 2.15. The summed E-state index contributed by atoms with van der Waals surface area (Å²) in [5, 5.41) is 5.11. The standard InChI is InChI=1S/C18H23N3OS/c1-15-7-12-23-17(15)13-19-18(22)21-10-8-20(9-11-21)14-16-5-3-2-4-6-16/h2-7,12H,8-11,13-14H2,1H3,(H,19,22). The van der Waals surface area contributed by atoms with Gasteiger partial charge in [0.15, 0.2) is 0 Å². The minimum absolute atomic E-state index is 0.0529. The third kappa shape index (κ3) is 4.33. The number of thiophene rings is 1. The zero-order chi connectivity index (χ0) is 16.1. The molecule has 0 atom stereocenters. The van der Waals surface area contributed by atoms with Gasteiger partial charge in [-0.15, -0.1) is 11.3 Å². The van der Waals surface area contributed by atoms with Crippen molar-refractivity contribution >= 4 is 17.4 Å². The van der Waals surface area contributed by atoms with Crippen molar-refractivity contribution in [2.45, 2.75) is 20.0 Å². The lowest BCUT2D eigenvalue weighted by Gasteiger charge is -2.34. The first-order valence-electron chi connectivity index (χ1n) is 8.04. The Bertz CT molecular complexity index is 633. The van der Waals surface area contributed by atoms with Gasteiger partial charge >= 0.3 is 6.03 Å². The summed E-state index contributed by atoms with van der Waals surface area (Å²) in [6.45, 7) is 7.13. The topological polar surface area (TPSA) is 35.6 Å². The van der Waals surface area contributed by atoms with Crippen LogP contribution in [0.1, 0.15) is 16.0 Å². The number of urea groups is 1. The third-order valence-corrected chi connectivity index (χ3v) is 5.30. The molecule has 0 bridgehead atoms. The predicted molar refractivity (Wildman–Crippen MR) is 94.6 cm³/mol. The van der Waals surface area contributed by atoms with Crippen LogP contribution >= 0.6 is 11.3 Å². The molecular weight excluding hydrogens is 306 g/mol. The van der Waals surface area contributed by atoms with Crippen LogP contribution in [-0.2, 0) is 13.1 Å². The number of aryl methyl sites for hydroxylation is 1. The molecule has 1 N–H and O–H groups in total. The summed E-state index contributed by atoms with van der Waals surface area (Å²) in [7, 11) is 0. The van der Waals surface area contributed by atoms with Crippen LogP contribution in [0.25, 0.3) is 0 Å². The lowest BCUT2D eigenvalue weighted by atomic mass is 10.2. The average molecular weight is 329 g/mol. The van der Waals surface area contributed by atoms with Crippen molar-refractivity contribution in [2.24, 2.45) is 0 Å². The Kier molecular flexibility index (Phi) is 5.31. The molecule has 1 saturated heterocycles. The molecule has 0 unspecified atom stereocenters. The van der Waals surface area contributed by atoms with Crippen LogP contribution in [-0.4, -0.2) is 42.0 Å². The van der Waals surface area contributed by atoms with E-state index in [4.69, 9.17) is 0 Å². The fraction of sp³-hybridized carbons (Fsp3) is 0.389. The predicted octanol–water partition coefficient (Wildman–Crippen LogP) is 3.08. The summed E-state index contributed by atoms with van der Waals surface area (Å²) in [6.07, 6.45) is 0. The van der Waals surface area contributed by atoms with Gasteiger partial charge in [0.25, 0.3) is 0 Å². The molecule has 1 aliphatic heterocycles. The Labute approximate surface area is 141 Å². The highest BCUT2D eigenvalue weighted by Gasteiger charge is 2.21. The summed E-state index contributed by atoms with van der Waals surface area (Å²) in [4.78, 5) is 17.8. The molecule has 0 saturated carbocycles. The fourth-order valence-corrected chi connectivity index (χ4v) is 3.65. The second kappa shape index (κ2) is 7.62. The SMILES string of the molecule is Cc1ccsc1CNC(=O)N1CCN(Cc2ccccc2)CC1. The van der Waals surface area contributed by atoms with Crippen LogP contribution in [0.15, 0.2) is 41.8 Å². The number of benzene rings is 1. The minimum Gasteiger partial charge on any atom is -0.333 e. The van der Waals surface area contributed by atoms with E-state index in [9.17, 15) is 4.79 Å². The number of nitrogens with zero attached hydrogens (tertiary/aromatic N) is 2. The van der Waals surface area contributed by atoms with E-state index >= 15 is 0 Å². The van der Waals surface area contributed by atoms with Crippen molar-refractivity contribution in [1.82, 2.24) is 15.1 Å². The molecule has 1 aromatic carbocycles. The smallest absolute Gasteiger partial charge is 0.317 e. The average Bonchev–Trinajstić information content (AvgIpc) is 2.99. The normalized spacial score (nSPS) is 15.6. The molecule has 23 heavy (non-hydrogen) atoms. The zero-order valence-corrected chi connectivity index (χ0v) is 14.3. The molecule has 122 valence electrons. The van der Waals surface area contributed by atoms with E-state index in [2.05, 4.69) is 52.9 Å². The maximum atomic E-state index is 12.3. The number of hydrogen-bond acceptors (Lipinski definition) is 3. The largest absolute Gasteiger partial charge is 0.333 e. The first-order valence-corrected chi connectivity index (χ1v) is 8.92. The van der Waals surface area contributed by atoms with Crippen LogP contribution in [0.5, 0.6) is 0 Å². The van der Waals surface area contributed by atoms with E-state index in [0.29, 0.717) is 6.54 Å². The maximum Gasteiger partial charge on any atom is 0.317 e. The molecular formula is C18H23N3OS. The summed E-state index contributed by atoms with van der Waals surface area (Å²) in [5.74, 6) is 0. The highest BCUT2D eigenvalue weighted by atomic mass is 32.1. The molecule has 1 aromatic heterocycles. The summed E-state index contributed by atoms with van der Waals surface area (Å²) in [6, 6.07) is 12.6. The highest BCUT2D eigenvalue weighted by molar-refractivity contribution is 7.10. The Hall–Kier alpha value is -1.85. The van der Waals surface area contributed by atoms with Gasteiger partial charge in [-0.05, 0) is 29.5 Å². The molecule has 4 nitrogen and oxygen atoms in total. The van der Waals surface area contributed by atoms with Crippen LogP contribution < -0.4 is 5.32 Å². The lowest BCUT2D eigenvalue weighted by Crippen LogP contribution is -2.51. The van der Waals surface area contributed by atoms with E-state index in [1.165, 1.54) is 16.0 Å². The number of hydrogen-bond donors (Lipinski definition) is 1. The van der Waals surface area contributed by atoms with Crippen molar-refractivity contribution in [3.8, 4) is 0 Å². The van der Waals surface area contributed by atoms with Gasteiger partial charge in [0.2, 0.25) is 0 Å². The van der Waals surface area contributed by atoms with Gasteiger partial charge in [-0.3, -0.25) is 4.90 Å². The number of piperazine rings is 1. The molecule has 0 aliphatic carbocycles. The Balaban J connectivity index is 1.43. The van der Waals surface area contributed by atoms with Gasteiger partial charge in [-0.25, -0.2) is 4.79 Å². The number of amides is 2.